The number of aryl methyl sites for hydroxylation is 1. The summed E-state index contributed by atoms with van der Waals surface area (Å²) in [5.41, 5.74) is 3.07. The van der Waals surface area contributed by atoms with Crippen LogP contribution in [0.2, 0.25) is 0 Å². The molecule has 0 N–H and O–H groups in total. The van der Waals surface area contributed by atoms with Gasteiger partial charge in [-0.2, -0.15) is 12.8 Å². The number of rotatable bonds is 0. The van der Waals surface area contributed by atoms with Gasteiger partial charge in [0.1, 0.15) is 0 Å². The summed E-state index contributed by atoms with van der Waals surface area (Å²) in [6.45, 7) is 0. The maximum atomic E-state index is 2.36. The van der Waals surface area contributed by atoms with Gasteiger partial charge in [-0.3, -0.25) is 0 Å². The van der Waals surface area contributed by atoms with Gasteiger partial charge < -0.3 is 6.42 Å². The molecule has 0 aromatic heterocycles. The van der Waals surface area contributed by atoms with Gasteiger partial charge >= 0.3 is 51.4 Å². The van der Waals surface area contributed by atoms with Crippen molar-refractivity contribution in [3.8, 4) is 0 Å². The molecular weight excluding hydrogens is 159 g/mol. The summed E-state index contributed by atoms with van der Waals surface area (Å²) in [5, 5.41) is 0. The van der Waals surface area contributed by atoms with Crippen molar-refractivity contribution in [2.45, 2.75) is 19.3 Å². The Kier molecular flexibility index (Phi) is 4.32. The van der Waals surface area contributed by atoms with Crippen molar-refractivity contribution >= 4 is 0 Å². The Balaban J connectivity index is 0.000000605. The van der Waals surface area contributed by atoms with E-state index in [0.29, 0.717) is 0 Å². The molecule has 0 aliphatic heterocycles. The molecule has 2 rings (SSSR count). The van der Waals surface area contributed by atoms with Crippen molar-refractivity contribution in [3.05, 3.63) is 41.8 Å². The molecule has 0 amide bonds. The van der Waals surface area contributed by atoms with Gasteiger partial charge in [-0.15, -0.1) is 0 Å². The van der Waals surface area contributed by atoms with E-state index in [1.54, 1.807) is 5.56 Å². The fraction of sp³-hybridized carbons (Fsp3) is 0.300. The average Bonchev–Trinajstić information content (AvgIpc) is 2.05. The van der Waals surface area contributed by atoms with Crippen LogP contribution in [0.1, 0.15) is 17.5 Å². The van der Waals surface area contributed by atoms with Crippen LogP contribution in [0.3, 0.4) is 0 Å². The minimum absolute atomic E-state index is 0. The molecule has 0 unspecified atom stereocenters. The van der Waals surface area contributed by atoms with Crippen LogP contribution in [-0.2, 0) is 12.8 Å². The van der Waals surface area contributed by atoms with Crippen molar-refractivity contribution in [1.29, 1.82) is 0 Å². The second kappa shape index (κ2) is 4.78. The molecule has 0 saturated heterocycles. The first kappa shape index (κ1) is 9.94. The summed E-state index contributed by atoms with van der Waals surface area (Å²) >= 11 is 0. The zero-order valence-corrected chi connectivity index (χ0v) is 10.1. The SMILES string of the molecule is [K+].c1ccc2c(c1)C[CH-]CC2. The zero-order chi connectivity index (χ0) is 6.81. The van der Waals surface area contributed by atoms with Gasteiger partial charge in [-0.05, 0) is 5.56 Å². The van der Waals surface area contributed by atoms with E-state index >= 15 is 0 Å². The quantitative estimate of drug-likeness (QED) is 0.360. The molecule has 1 heteroatoms. The Labute approximate surface area is 111 Å². The maximum absolute atomic E-state index is 2.36. The van der Waals surface area contributed by atoms with Gasteiger partial charge in [-0.25, -0.2) is 0 Å². The smallest absolute Gasteiger partial charge is 0.324 e. The van der Waals surface area contributed by atoms with Crippen LogP contribution < -0.4 is 51.4 Å². The standard InChI is InChI=1S/C10H11.K/c1-2-6-10-8-4-3-7-9(10)5-1;/h1-3,5-6H,4,7-8H2;/q-1;+1. The Morgan fingerprint density at radius 3 is 2.55 bits per heavy atom. The molecule has 0 spiro atoms. The van der Waals surface area contributed by atoms with Crippen LogP contribution in [0.15, 0.2) is 24.3 Å². The average molecular weight is 170 g/mol. The zero-order valence-electron chi connectivity index (χ0n) is 7.01. The van der Waals surface area contributed by atoms with Crippen LogP contribution in [0.5, 0.6) is 0 Å². The Morgan fingerprint density at radius 2 is 1.82 bits per heavy atom. The third-order valence-corrected chi connectivity index (χ3v) is 2.10. The molecule has 0 fully saturated rings. The van der Waals surface area contributed by atoms with E-state index in [0.717, 1.165) is 0 Å². The second-order valence-corrected chi connectivity index (χ2v) is 2.80. The first-order valence-electron chi connectivity index (χ1n) is 3.85. The van der Waals surface area contributed by atoms with Gasteiger partial charge in [0.05, 0.1) is 0 Å². The number of benzene rings is 1. The van der Waals surface area contributed by atoms with E-state index in [4.69, 9.17) is 0 Å². The van der Waals surface area contributed by atoms with Crippen LogP contribution in [0.25, 0.3) is 0 Å². The molecule has 1 aliphatic carbocycles. The molecule has 1 aromatic carbocycles. The normalized spacial score (nSPS) is 14.9. The third-order valence-electron chi connectivity index (χ3n) is 2.10. The van der Waals surface area contributed by atoms with E-state index in [1.165, 1.54) is 24.8 Å². The van der Waals surface area contributed by atoms with Crippen LogP contribution in [0, 0.1) is 6.42 Å². The topological polar surface area (TPSA) is 0 Å². The van der Waals surface area contributed by atoms with E-state index < -0.39 is 0 Å². The van der Waals surface area contributed by atoms with Crippen molar-refractivity contribution in [2.24, 2.45) is 0 Å². The molecule has 1 aromatic rings. The minimum atomic E-state index is 0. The van der Waals surface area contributed by atoms with E-state index in [2.05, 4.69) is 30.7 Å². The number of hydrogen-bond acceptors (Lipinski definition) is 0. The predicted molar refractivity (Wildman–Crippen MR) is 42.8 cm³/mol. The molecule has 0 saturated carbocycles. The van der Waals surface area contributed by atoms with E-state index in [9.17, 15) is 0 Å². The largest absolute Gasteiger partial charge is 1.00 e. The molecule has 0 heterocycles. The van der Waals surface area contributed by atoms with Gasteiger partial charge in [-0.1, -0.05) is 36.2 Å². The monoisotopic (exact) mass is 170 g/mol. The van der Waals surface area contributed by atoms with Gasteiger partial charge in [0.25, 0.3) is 0 Å². The molecular formula is C10H11K. The summed E-state index contributed by atoms with van der Waals surface area (Å²) in [4.78, 5) is 0. The Morgan fingerprint density at radius 1 is 1.09 bits per heavy atom. The van der Waals surface area contributed by atoms with Crippen LogP contribution >= 0.6 is 0 Å². The van der Waals surface area contributed by atoms with Gasteiger partial charge in [0.15, 0.2) is 0 Å². The van der Waals surface area contributed by atoms with Crippen LogP contribution in [-0.4, -0.2) is 0 Å². The van der Waals surface area contributed by atoms with Gasteiger partial charge in [0.2, 0.25) is 0 Å². The van der Waals surface area contributed by atoms with Crippen molar-refractivity contribution < 1.29 is 51.4 Å². The minimum Gasteiger partial charge on any atom is -0.324 e. The Hall–Kier alpha value is 0.856. The van der Waals surface area contributed by atoms with E-state index in [1.807, 2.05) is 0 Å². The summed E-state index contributed by atoms with van der Waals surface area (Å²) in [6.07, 6.45) is 6.05. The van der Waals surface area contributed by atoms with E-state index in [-0.39, 0.29) is 51.4 Å². The molecule has 1 aliphatic rings. The summed E-state index contributed by atoms with van der Waals surface area (Å²) in [5.74, 6) is 0. The third kappa shape index (κ3) is 2.39. The number of fused-ring (bicyclic) bond motifs is 1. The molecule has 0 radical (unpaired) electrons. The van der Waals surface area contributed by atoms with Crippen molar-refractivity contribution in [2.75, 3.05) is 0 Å². The molecule has 0 nitrogen and oxygen atoms in total. The summed E-state index contributed by atoms with van der Waals surface area (Å²) in [7, 11) is 0. The fourth-order valence-corrected chi connectivity index (χ4v) is 1.52. The summed E-state index contributed by atoms with van der Waals surface area (Å²) < 4.78 is 0. The van der Waals surface area contributed by atoms with Crippen molar-refractivity contribution in [1.82, 2.24) is 0 Å². The first-order chi connectivity index (χ1) is 4.97. The van der Waals surface area contributed by atoms with Gasteiger partial charge in [0, 0.05) is 0 Å². The fourth-order valence-electron chi connectivity index (χ4n) is 1.52. The molecule has 11 heavy (non-hydrogen) atoms. The molecule has 0 bridgehead atoms. The van der Waals surface area contributed by atoms with Crippen LogP contribution in [0.4, 0.5) is 0 Å². The van der Waals surface area contributed by atoms with Crippen molar-refractivity contribution in [3.63, 3.8) is 0 Å². The Bertz CT molecular complexity index is 205. The molecule has 52 valence electrons. The second-order valence-electron chi connectivity index (χ2n) is 2.80. The molecule has 0 atom stereocenters. The predicted octanol–water partition coefficient (Wildman–Crippen LogP) is -0.616. The maximum Gasteiger partial charge on any atom is 1.00 e. The first-order valence-corrected chi connectivity index (χ1v) is 3.85. The number of hydrogen-bond donors (Lipinski definition) is 0. The summed E-state index contributed by atoms with van der Waals surface area (Å²) in [6, 6.07) is 8.72.